The Morgan fingerprint density at radius 2 is 1.96 bits per heavy atom. The number of benzene rings is 1. The van der Waals surface area contributed by atoms with Crippen molar-refractivity contribution in [2.24, 2.45) is 0 Å². The first-order chi connectivity index (χ1) is 11.9. The number of para-hydroxylation sites is 1. The second-order valence-electron chi connectivity index (χ2n) is 5.52. The van der Waals surface area contributed by atoms with Crippen LogP contribution in [0.4, 0.5) is 23.7 Å². The summed E-state index contributed by atoms with van der Waals surface area (Å²) in [6.45, 7) is 2.07. The first-order valence-electron chi connectivity index (χ1n) is 8.03. The molecular formula is C17H20F3N3O2. The molecule has 0 saturated carbocycles. The maximum Gasteiger partial charge on any atom is 0.435 e. The normalized spacial score (nSPS) is 11.4. The summed E-state index contributed by atoms with van der Waals surface area (Å²) in [6.07, 6.45) is -2.73. The quantitative estimate of drug-likeness (QED) is 0.723. The highest BCUT2D eigenvalue weighted by molar-refractivity contribution is 5.84. The molecule has 0 aliphatic rings. The van der Waals surface area contributed by atoms with E-state index in [1.165, 1.54) is 4.68 Å². The van der Waals surface area contributed by atoms with Crippen molar-refractivity contribution in [2.45, 2.75) is 45.5 Å². The number of alkyl halides is 3. The molecule has 0 aliphatic carbocycles. The number of hydrogen-bond acceptors (Lipinski definition) is 3. The Hall–Kier alpha value is -2.51. The number of anilines is 1. The Balaban J connectivity index is 2.01. The van der Waals surface area contributed by atoms with Crippen LogP contribution in [0.3, 0.4) is 0 Å². The zero-order chi connectivity index (χ0) is 18.3. The predicted molar refractivity (Wildman–Crippen MR) is 87.0 cm³/mol. The van der Waals surface area contributed by atoms with E-state index >= 15 is 0 Å². The average Bonchev–Trinajstić information content (AvgIpc) is 2.98. The van der Waals surface area contributed by atoms with Gasteiger partial charge in [0, 0.05) is 12.2 Å². The number of carbonyl (C=O) groups is 1. The predicted octanol–water partition coefficient (Wildman–Crippen LogP) is 4.84. The molecule has 25 heavy (non-hydrogen) atoms. The SMILES string of the molecule is CCCCCn1nc(C(F)(F)F)cc1COC(=O)Nc1ccccc1. The molecule has 1 aromatic carbocycles. The lowest BCUT2D eigenvalue weighted by atomic mass is 10.2. The Bertz CT molecular complexity index is 684. The molecule has 1 N–H and O–H groups in total. The molecule has 0 radical (unpaired) electrons. The van der Waals surface area contributed by atoms with E-state index in [0.717, 1.165) is 18.9 Å². The number of aryl methyl sites for hydroxylation is 1. The lowest BCUT2D eigenvalue weighted by molar-refractivity contribution is -0.141. The molecule has 1 heterocycles. The number of nitrogens with zero attached hydrogens (tertiary/aromatic N) is 2. The highest BCUT2D eigenvalue weighted by atomic mass is 19.4. The van der Waals surface area contributed by atoms with Gasteiger partial charge >= 0.3 is 12.3 Å². The lowest BCUT2D eigenvalue weighted by Crippen LogP contribution is -2.15. The topological polar surface area (TPSA) is 56.2 Å². The fourth-order valence-electron chi connectivity index (χ4n) is 2.23. The average molecular weight is 355 g/mol. The highest BCUT2D eigenvalue weighted by Gasteiger charge is 2.35. The minimum atomic E-state index is -4.53. The van der Waals surface area contributed by atoms with Crippen LogP contribution in [0.15, 0.2) is 36.4 Å². The van der Waals surface area contributed by atoms with Crippen molar-refractivity contribution in [1.82, 2.24) is 9.78 Å². The van der Waals surface area contributed by atoms with Crippen LogP contribution < -0.4 is 5.32 Å². The number of hydrogen-bond donors (Lipinski definition) is 1. The van der Waals surface area contributed by atoms with Crippen LogP contribution in [0.25, 0.3) is 0 Å². The molecule has 1 amide bonds. The molecule has 0 atom stereocenters. The van der Waals surface area contributed by atoms with Crippen molar-refractivity contribution < 1.29 is 22.7 Å². The summed E-state index contributed by atoms with van der Waals surface area (Å²) in [5.41, 5.74) is -0.224. The van der Waals surface area contributed by atoms with E-state index in [0.29, 0.717) is 18.7 Å². The van der Waals surface area contributed by atoms with Gasteiger partial charge in [-0.2, -0.15) is 18.3 Å². The standard InChI is InChI=1S/C17H20F3N3O2/c1-2-3-7-10-23-14(11-15(22-23)17(18,19)20)12-25-16(24)21-13-8-5-4-6-9-13/h4-6,8-9,11H,2-3,7,10,12H2,1H3,(H,21,24). The molecule has 0 aliphatic heterocycles. The van der Waals surface area contributed by atoms with Crippen LogP contribution >= 0.6 is 0 Å². The number of rotatable bonds is 7. The molecule has 2 aromatic rings. The molecule has 0 fully saturated rings. The van der Waals surface area contributed by atoms with Crippen LogP contribution in [0.1, 0.15) is 37.6 Å². The van der Waals surface area contributed by atoms with Gasteiger partial charge in [0.25, 0.3) is 0 Å². The van der Waals surface area contributed by atoms with Gasteiger partial charge in [-0.15, -0.1) is 0 Å². The van der Waals surface area contributed by atoms with Gasteiger partial charge in [0.05, 0.1) is 5.69 Å². The first kappa shape index (κ1) is 18.8. The Morgan fingerprint density at radius 1 is 1.24 bits per heavy atom. The molecule has 0 bridgehead atoms. The van der Waals surface area contributed by atoms with E-state index in [1.807, 2.05) is 6.92 Å². The van der Waals surface area contributed by atoms with Crippen molar-refractivity contribution in [3.63, 3.8) is 0 Å². The van der Waals surface area contributed by atoms with Gasteiger partial charge in [-0.25, -0.2) is 4.79 Å². The first-order valence-corrected chi connectivity index (χ1v) is 8.03. The Kier molecular flexibility index (Phi) is 6.44. The molecular weight excluding hydrogens is 335 g/mol. The third-order valence-electron chi connectivity index (χ3n) is 3.50. The zero-order valence-electron chi connectivity index (χ0n) is 13.8. The number of halogens is 3. The molecule has 0 unspecified atom stereocenters. The van der Waals surface area contributed by atoms with Crippen LogP contribution in [-0.4, -0.2) is 15.9 Å². The van der Waals surface area contributed by atoms with Crippen molar-refractivity contribution in [3.05, 3.63) is 47.8 Å². The Labute approximate surface area is 143 Å². The third kappa shape index (κ3) is 5.81. The second kappa shape index (κ2) is 8.55. The van der Waals surface area contributed by atoms with Gasteiger partial charge in [0.2, 0.25) is 0 Å². The monoisotopic (exact) mass is 355 g/mol. The van der Waals surface area contributed by atoms with Gasteiger partial charge in [-0.1, -0.05) is 38.0 Å². The molecule has 1 aromatic heterocycles. The van der Waals surface area contributed by atoms with Crippen molar-refractivity contribution in [3.8, 4) is 0 Å². The third-order valence-corrected chi connectivity index (χ3v) is 3.50. The van der Waals surface area contributed by atoms with E-state index in [4.69, 9.17) is 4.74 Å². The number of carbonyl (C=O) groups excluding carboxylic acids is 1. The number of amides is 1. The van der Waals surface area contributed by atoms with Crippen LogP contribution in [-0.2, 0) is 24.1 Å². The summed E-state index contributed by atoms with van der Waals surface area (Å²) in [4.78, 5) is 11.8. The van der Waals surface area contributed by atoms with E-state index in [1.54, 1.807) is 30.3 Å². The number of unbranched alkanes of at least 4 members (excludes halogenated alkanes) is 2. The minimum absolute atomic E-state index is 0.214. The number of ether oxygens (including phenoxy) is 1. The number of nitrogens with one attached hydrogen (secondary N) is 1. The van der Waals surface area contributed by atoms with E-state index in [2.05, 4.69) is 10.4 Å². The fourth-order valence-corrected chi connectivity index (χ4v) is 2.23. The minimum Gasteiger partial charge on any atom is -0.443 e. The maximum atomic E-state index is 12.9. The smallest absolute Gasteiger partial charge is 0.435 e. The summed E-state index contributed by atoms with van der Waals surface area (Å²) in [5.74, 6) is 0. The highest BCUT2D eigenvalue weighted by Crippen LogP contribution is 2.29. The molecule has 5 nitrogen and oxygen atoms in total. The molecule has 0 spiro atoms. The van der Waals surface area contributed by atoms with Crippen LogP contribution in [0, 0.1) is 0 Å². The van der Waals surface area contributed by atoms with Gasteiger partial charge in [0.15, 0.2) is 5.69 Å². The summed E-state index contributed by atoms with van der Waals surface area (Å²) in [6, 6.07) is 9.56. The molecule has 2 rings (SSSR count). The van der Waals surface area contributed by atoms with Gasteiger partial charge in [-0.05, 0) is 24.6 Å². The van der Waals surface area contributed by atoms with E-state index in [9.17, 15) is 18.0 Å². The van der Waals surface area contributed by atoms with Crippen LogP contribution in [0.5, 0.6) is 0 Å². The van der Waals surface area contributed by atoms with Crippen molar-refractivity contribution >= 4 is 11.8 Å². The van der Waals surface area contributed by atoms with E-state index < -0.39 is 18.0 Å². The Morgan fingerprint density at radius 3 is 2.60 bits per heavy atom. The summed E-state index contributed by atoms with van der Waals surface area (Å²) < 4.78 is 44.9. The second-order valence-corrected chi connectivity index (χ2v) is 5.52. The lowest BCUT2D eigenvalue weighted by Gasteiger charge is -2.09. The maximum absolute atomic E-state index is 12.9. The van der Waals surface area contributed by atoms with E-state index in [-0.39, 0.29) is 12.3 Å². The molecule has 8 heteroatoms. The van der Waals surface area contributed by atoms with Gasteiger partial charge in [0.1, 0.15) is 6.61 Å². The summed E-state index contributed by atoms with van der Waals surface area (Å²) >= 11 is 0. The number of aromatic nitrogens is 2. The van der Waals surface area contributed by atoms with Crippen LogP contribution in [0.2, 0.25) is 0 Å². The largest absolute Gasteiger partial charge is 0.443 e. The molecule has 0 saturated heterocycles. The zero-order valence-corrected chi connectivity index (χ0v) is 13.8. The summed E-state index contributed by atoms with van der Waals surface area (Å²) in [5, 5.41) is 6.10. The van der Waals surface area contributed by atoms with Gasteiger partial charge in [-0.3, -0.25) is 10.00 Å². The molecule has 136 valence electrons. The van der Waals surface area contributed by atoms with Gasteiger partial charge < -0.3 is 4.74 Å². The van der Waals surface area contributed by atoms with Crippen molar-refractivity contribution in [1.29, 1.82) is 0 Å². The summed E-state index contributed by atoms with van der Waals surface area (Å²) in [7, 11) is 0. The van der Waals surface area contributed by atoms with Crippen molar-refractivity contribution in [2.75, 3.05) is 5.32 Å². The fraction of sp³-hybridized carbons (Fsp3) is 0.412.